The number of aromatic nitrogens is 2. The van der Waals surface area contributed by atoms with Crippen LogP contribution < -0.4 is 5.32 Å². The molecule has 0 amide bonds. The molecule has 1 unspecified atom stereocenters. The van der Waals surface area contributed by atoms with Crippen LogP contribution in [0.3, 0.4) is 0 Å². The summed E-state index contributed by atoms with van der Waals surface area (Å²) in [7, 11) is 0. The van der Waals surface area contributed by atoms with E-state index in [0.717, 1.165) is 22.8 Å². The number of rotatable bonds is 2. The molecule has 0 bridgehead atoms. The first-order valence-electron chi connectivity index (χ1n) is 8.44. The maximum atomic E-state index is 5.81. The second kappa shape index (κ2) is 5.85. The van der Waals surface area contributed by atoms with E-state index in [4.69, 9.17) is 9.41 Å². The molecule has 2 aromatic heterocycles. The Balaban J connectivity index is 1.47. The fourth-order valence-electron chi connectivity index (χ4n) is 3.14. The summed E-state index contributed by atoms with van der Waals surface area (Å²) in [6.07, 6.45) is 9.13. The van der Waals surface area contributed by atoms with Crippen molar-refractivity contribution in [2.75, 3.05) is 0 Å². The van der Waals surface area contributed by atoms with Crippen molar-refractivity contribution in [3.63, 3.8) is 0 Å². The first-order valence-corrected chi connectivity index (χ1v) is 9.25. The van der Waals surface area contributed by atoms with Gasteiger partial charge in [-0.05, 0) is 49.8 Å². The van der Waals surface area contributed by atoms with Crippen molar-refractivity contribution in [1.29, 1.82) is 0 Å². The van der Waals surface area contributed by atoms with E-state index in [1.807, 2.05) is 36.4 Å². The molecule has 1 fully saturated rings. The molecule has 6 heteroatoms. The minimum Gasteiger partial charge on any atom is -0.434 e. The standard InChI is InChI=1S/C20H16N4OS/c1-20-10-3-2-9-16(20)23-19(26-20)22-14-7-4-6-13(12-14)18-24-17-15(25-18)8-5-11-21-17/h2-9,11-12H,10H2,1H3,(H,22,23). The van der Waals surface area contributed by atoms with Crippen LogP contribution >= 0.6 is 11.8 Å². The largest absolute Gasteiger partial charge is 0.434 e. The fraction of sp³-hybridized carbons (Fsp3) is 0.150. The van der Waals surface area contributed by atoms with E-state index < -0.39 is 0 Å². The number of amidine groups is 1. The molecule has 128 valence electrons. The second-order valence-electron chi connectivity index (χ2n) is 6.48. The average molecular weight is 360 g/mol. The Hall–Kier alpha value is -2.86. The number of nitrogens with zero attached hydrogens (tertiary/aromatic N) is 3. The molecule has 1 atom stereocenters. The zero-order valence-electron chi connectivity index (χ0n) is 14.1. The van der Waals surface area contributed by atoms with Crippen molar-refractivity contribution in [3.05, 3.63) is 66.5 Å². The van der Waals surface area contributed by atoms with Crippen LogP contribution in [-0.2, 0) is 0 Å². The normalized spacial score (nSPS) is 23.1. The van der Waals surface area contributed by atoms with E-state index in [9.17, 15) is 0 Å². The Morgan fingerprint density at radius 3 is 3.12 bits per heavy atom. The minimum absolute atomic E-state index is 0.0527. The molecule has 1 aliphatic heterocycles. The number of fused-ring (bicyclic) bond motifs is 2. The number of benzene rings is 1. The van der Waals surface area contributed by atoms with E-state index in [0.29, 0.717) is 17.1 Å². The average Bonchev–Trinajstić information content (AvgIpc) is 3.22. The number of thioether (sulfide) groups is 1. The van der Waals surface area contributed by atoms with Crippen molar-refractivity contribution >= 4 is 33.8 Å². The Morgan fingerprint density at radius 1 is 1.27 bits per heavy atom. The molecule has 5 rings (SSSR count). The summed E-state index contributed by atoms with van der Waals surface area (Å²) in [6, 6.07) is 11.6. The molecule has 3 aromatic rings. The summed E-state index contributed by atoms with van der Waals surface area (Å²) >= 11 is 1.77. The first kappa shape index (κ1) is 15.4. The molecule has 1 aromatic carbocycles. The maximum absolute atomic E-state index is 5.81. The van der Waals surface area contributed by atoms with Gasteiger partial charge in [-0.3, -0.25) is 0 Å². The van der Waals surface area contributed by atoms with Gasteiger partial charge in [0.15, 0.2) is 16.4 Å². The monoisotopic (exact) mass is 360 g/mol. The molecule has 1 saturated heterocycles. The van der Waals surface area contributed by atoms with Crippen molar-refractivity contribution in [1.82, 2.24) is 15.3 Å². The van der Waals surface area contributed by atoms with Crippen LogP contribution in [0.4, 0.5) is 5.69 Å². The Kier molecular flexibility index (Phi) is 3.46. The highest BCUT2D eigenvalue weighted by Crippen LogP contribution is 2.43. The SMILES string of the molecule is CC12CC=CC=C1NC(=Nc1cccc(-c3nc4ncccc4o3)c1)S2. The molecule has 1 aliphatic carbocycles. The predicted octanol–water partition coefficient (Wildman–Crippen LogP) is 4.82. The number of pyridine rings is 1. The minimum atomic E-state index is 0.0527. The van der Waals surface area contributed by atoms with Gasteiger partial charge in [0.05, 0.1) is 10.4 Å². The van der Waals surface area contributed by atoms with Gasteiger partial charge < -0.3 is 9.73 Å². The van der Waals surface area contributed by atoms with Crippen LogP contribution in [0.5, 0.6) is 0 Å². The van der Waals surface area contributed by atoms with Gasteiger partial charge in [-0.15, -0.1) is 0 Å². The molecular weight excluding hydrogens is 344 g/mol. The molecule has 0 spiro atoms. The van der Waals surface area contributed by atoms with Gasteiger partial charge in [-0.25, -0.2) is 9.98 Å². The summed E-state index contributed by atoms with van der Waals surface area (Å²) in [5.74, 6) is 0.556. The Bertz CT molecular complexity index is 1060. The van der Waals surface area contributed by atoms with Crippen LogP contribution in [0.2, 0.25) is 0 Å². The molecule has 5 nitrogen and oxygen atoms in total. The first-order chi connectivity index (χ1) is 12.7. The number of hydrogen-bond donors (Lipinski definition) is 1. The topological polar surface area (TPSA) is 63.3 Å². The predicted molar refractivity (Wildman–Crippen MR) is 105 cm³/mol. The van der Waals surface area contributed by atoms with E-state index in [-0.39, 0.29) is 4.75 Å². The van der Waals surface area contributed by atoms with Crippen molar-refractivity contribution < 1.29 is 4.42 Å². The lowest BCUT2D eigenvalue weighted by Gasteiger charge is -2.23. The molecule has 26 heavy (non-hydrogen) atoms. The van der Waals surface area contributed by atoms with Gasteiger partial charge in [-0.1, -0.05) is 30.0 Å². The third kappa shape index (κ3) is 2.63. The maximum Gasteiger partial charge on any atom is 0.228 e. The van der Waals surface area contributed by atoms with Crippen LogP contribution in [-0.4, -0.2) is 19.9 Å². The van der Waals surface area contributed by atoms with E-state index >= 15 is 0 Å². The molecule has 1 N–H and O–H groups in total. The Labute approximate surface area is 155 Å². The summed E-state index contributed by atoms with van der Waals surface area (Å²) in [5.41, 5.74) is 4.26. The quantitative estimate of drug-likeness (QED) is 0.710. The summed E-state index contributed by atoms with van der Waals surface area (Å²) in [4.78, 5) is 13.5. The molecule has 0 saturated carbocycles. The number of allylic oxidation sites excluding steroid dienone is 3. The number of hydrogen-bond acceptors (Lipinski definition) is 5. The lowest BCUT2D eigenvalue weighted by molar-refractivity contribution is 0.619. The highest BCUT2D eigenvalue weighted by atomic mass is 32.2. The summed E-state index contributed by atoms with van der Waals surface area (Å²) in [5, 5.41) is 4.35. The summed E-state index contributed by atoms with van der Waals surface area (Å²) < 4.78 is 5.86. The van der Waals surface area contributed by atoms with E-state index in [1.165, 1.54) is 5.70 Å². The lowest BCUT2D eigenvalue weighted by atomic mass is 9.98. The number of nitrogens with one attached hydrogen (secondary N) is 1. The highest BCUT2D eigenvalue weighted by Gasteiger charge is 2.38. The molecule has 0 radical (unpaired) electrons. The van der Waals surface area contributed by atoms with E-state index in [1.54, 1.807) is 18.0 Å². The third-order valence-electron chi connectivity index (χ3n) is 4.53. The zero-order valence-corrected chi connectivity index (χ0v) is 15.0. The van der Waals surface area contributed by atoms with Crippen LogP contribution in [0.15, 0.2) is 75.9 Å². The van der Waals surface area contributed by atoms with Crippen LogP contribution in [0, 0.1) is 0 Å². The smallest absolute Gasteiger partial charge is 0.228 e. The van der Waals surface area contributed by atoms with Crippen LogP contribution in [0.25, 0.3) is 22.7 Å². The molecule has 2 aliphatic rings. The third-order valence-corrected chi connectivity index (χ3v) is 5.75. The molecule has 3 heterocycles. The summed E-state index contributed by atoms with van der Waals surface area (Å²) in [6.45, 7) is 2.24. The van der Waals surface area contributed by atoms with Crippen LogP contribution in [0.1, 0.15) is 13.3 Å². The van der Waals surface area contributed by atoms with Gasteiger partial charge in [0.2, 0.25) is 5.89 Å². The fourth-order valence-corrected chi connectivity index (χ4v) is 4.28. The second-order valence-corrected chi connectivity index (χ2v) is 7.97. The van der Waals surface area contributed by atoms with Gasteiger partial charge in [0, 0.05) is 17.5 Å². The van der Waals surface area contributed by atoms with Crippen molar-refractivity contribution in [3.8, 4) is 11.5 Å². The molecular formula is C20H16N4OS. The number of aliphatic imine (C=N–C) groups is 1. The highest BCUT2D eigenvalue weighted by molar-refractivity contribution is 8.15. The van der Waals surface area contributed by atoms with E-state index in [2.05, 4.69) is 40.4 Å². The zero-order chi connectivity index (χ0) is 17.6. The van der Waals surface area contributed by atoms with Gasteiger partial charge in [-0.2, -0.15) is 4.98 Å². The lowest BCUT2D eigenvalue weighted by Crippen LogP contribution is -2.24. The van der Waals surface area contributed by atoms with Crippen molar-refractivity contribution in [2.45, 2.75) is 18.1 Å². The number of oxazole rings is 1. The Morgan fingerprint density at radius 2 is 2.23 bits per heavy atom. The van der Waals surface area contributed by atoms with Crippen molar-refractivity contribution in [2.24, 2.45) is 4.99 Å². The van der Waals surface area contributed by atoms with Gasteiger partial charge >= 0.3 is 0 Å². The van der Waals surface area contributed by atoms with Gasteiger partial charge in [0.1, 0.15) is 0 Å². The van der Waals surface area contributed by atoms with Gasteiger partial charge in [0.25, 0.3) is 0 Å².